The number of anilines is 1. The summed E-state index contributed by atoms with van der Waals surface area (Å²) < 4.78 is 10.5. The smallest absolute Gasteiger partial charge is 0.410 e. The summed E-state index contributed by atoms with van der Waals surface area (Å²) in [6, 6.07) is 2.09. The van der Waals surface area contributed by atoms with Crippen LogP contribution in [0.2, 0.25) is 0 Å². The molecule has 0 bridgehead atoms. The summed E-state index contributed by atoms with van der Waals surface area (Å²) in [6.07, 6.45) is 7.28. The fraction of sp³-hybridized carbons (Fsp3) is 0.500. The third-order valence-electron chi connectivity index (χ3n) is 6.27. The molecule has 156 valence electrons. The van der Waals surface area contributed by atoms with Crippen LogP contribution in [0.4, 0.5) is 10.5 Å². The lowest BCUT2D eigenvalue weighted by atomic mass is 10.1. The summed E-state index contributed by atoms with van der Waals surface area (Å²) >= 11 is 1.75. The number of hydrogen-bond acceptors (Lipinski definition) is 7. The average Bonchev–Trinajstić information content (AvgIpc) is 3.30. The largest absolute Gasteiger partial charge is 0.441 e. The quantitative estimate of drug-likeness (QED) is 0.751. The molecule has 4 aliphatic rings. The van der Waals surface area contributed by atoms with E-state index in [2.05, 4.69) is 27.4 Å². The molecule has 2 aromatic rings. The van der Waals surface area contributed by atoms with Gasteiger partial charge in [0.25, 0.3) is 0 Å². The number of fused-ring (bicyclic) bond motifs is 1. The molecular weight excluding hydrogens is 400 g/mol. The molecule has 4 heterocycles. The Hall–Kier alpha value is -2.45. The lowest BCUT2D eigenvalue weighted by Gasteiger charge is -2.37. The molecule has 2 aliphatic carbocycles. The normalized spacial score (nSPS) is 21.3. The number of piperazine rings is 1. The predicted octanol–water partition coefficient (Wildman–Crippen LogP) is 3.17. The van der Waals surface area contributed by atoms with Gasteiger partial charge in [-0.1, -0.05) is 0 Å². The van der Waals surface area contributed by atoms with Crippen molar-refractivity contribution in [2.45, 2.75) is 31.3 Å². The van der Waals surface area contributed by atoms with E-state index in [4.69, 9.17) is 14.5 Å². The van der Waals surface area contributed by atoms with Crippen molar-refractivity contribution in [2.24, 2.45) is 0 Å². The van der Waals surface area contributed by atoms with E-state index in [9.17, 15) is 4.79 Å². The second kappa shape index (κ2) is 7.35. The van der Waals surface area contributed by atoms with E-state index in [-0.39, 0.29) is 12.2 Å². The average molecular weight is 425 g/mol. The molecule has 30 heavy (non-hydrogen) atoms. The van der Waals surface area contributed by atoms with Crippen molar-refractivity contribution in [2.75, 3.05) is 44.3 Å². The number of carbonyl (C=O) groups excluding carboxylic acids is 1. The van der Waals surface area contributed by atoms with Crippen molar-refractivity contribution in [1.29, 1.82) is 0 Å². The second-order valence-electron chi connectivity index (χ2n) is 8.41. The van der Waals surface area contributed by atoms with Gasteiger partial charge in [0, 0.05) is 61.3 Å². The van der Waals surface area contributed by atoms with Crippen LogP contribution in [0.25, 0.3) is 11.6 Å². The van der Waals surface area contributed by atoms with Gasteiger partial charge in [0.1, 0.15) is 5.01 Å². The zero-order chi connectivity index (χ0) is 20.1. The fourth-order valence-electron chi connectivity index (χ4n) is 4.25. The highest BCUT2D eigenvalue weighted by atomic mass is 32.1. The Kier molecular flexibility index (Phi) is 4.49. The molecule has 1 saturated carbocycles. The van der Waals surface area contributed by atoms with Gasteiger partial charge in [-0.3, -0.25) is 4.98 Å². The third-order valence-corrected chi connectivity index (χ3v) is 7.21. The fourth-order valence-corrected chi connectivity index (χ4v) is 5.17. The number of nitrogens with zero attached hydrogens (tertiary/aromatic N) is 4. The predicted molar refractivity (Wildman–Crippen MR) is 115 cm³/mol. The van der Waals surface area contributed by atoms with Crippen molar-refractivity contribution in [3.63, 3.8) is 0 Å². The Morgan fingerprint density at radius 1 is 1.20 bits per heavy atom. The van der Waals surface area contributed by atoms with Crippen molar-refractivity contribution in [1.82, 2.24) is 14.9 Å². The van der Waals surface area contributed by atoms with Gasteiger partial charge in [-0.25, -0.2) is 9.78 Å². The Labute approximate surface area is 179 Å². The van der Waals surface area contributed by atoms with Crippen molar-refractivity contribution < 1.29 is 14.3 Å². The maximum atomic E-state index is 12.3. The van der Waals surface area contributed by atoms with E-state index >= 15 is 0 Å². The first-order chi connectivity index (χ1) is 14.7. The first kappa shape index (κ1) is 18.3. The maximum Gasteiger partial charge on any atom is 0.410 e. The minimum atomic E-state index is -0.222. The minimum Gasteiger partial charge on any atom is -0.441 e. The van der Waals surface area contributed by atoms with E-state index < -0.39 is 0 Å². The Morgan fingerprint density at radius 3 is 2.77 bits per heavy atom. The van der Waals surface area contributed by atoms with Gasteiger partial charge in [0.05, 0.1) is 24.6 Å². The highest BCUT2D eigenvalue weighted by molar-refractivity contribution is 7.10. The van der Waals surface area contributed by atoms with E-state index in [0.29, 0.717) is 32.2 Å². The second-order valence-corrected chi connectivity index (χ2v) is 9.26. The zero-order valence-electron chi connectivity index (χ0n) is 16.7. The molecule has 2 aromatic heterocycles. The minimum absolute atomic E-state index is 0.0751. The first-order valence-corrected chi connectivity index (χ1v) is 11.5. The number of hydrogen-bond donors (Lipinski definition) is 0. The van der Waals surface area contributed by atoms with Gasteiger partial charge in [0.2, 0.25) is 0 Å². The summed E-state index contributed by atoms with van der Waals surface area (Å²) in [4.78, 5) is 26.0. The SMILES string of the molecule is O=C(OC1COC1)N1CCN(c2ccnc3c2C=C(c2nc(C4CC4)cs2)C3)CC1. The molecule has 3 fully saturated rings. The van der Waals surface area contributed by atoms with Gasteiger partial charge >= 0.3 is 6.09 Å². The van der Waals surface area contributed by atoms with E-state index in [1.54, 1.807) is 16.2 Å². The van der Waals surface area contributed by atoms with E-state index in [1.165, 1.54) is 35.4 Å². The van der Waals surface area contributed by atoms with Crippen LogP contribution in [-0.2, 0) is 15.9 Å². The molecule has 0 unspecified atom stereocenters. The van der Waals surface area contributed by atoms with Gasteiger partial charge < -0.3 is 19.3 Å². The molecule has 2 aliphatic heterocycles. The molecule has 7 nitrogen and oxygen atoms in total. The van der Waals surface area contributed by atoms with E-state index in [1.807, 2.05) is 6.20 Å². The standard InChI is InChI=1S/C22H24N4O3S/c27-22(29-16-11-28-12-16)26-7-5-25(6-8-26)20-3-4-23-18-10-15(9-17(18)20)21-24-19(13-30-21)14-1-2-14/h3-4,9,13-14,16H,1-2,5-8,10-12H2. The Morgan fingerprint density at radius 2 is 2.03 bits per heavy atom. The zero-order valence-corrected chi connectivity index (χ0v) is 17.6. The van der Waals surface area contributed by atoms with Crippen LogP contribution >= 0.6 is 11.3 Å². The van der Waals surface area contributed by atoms with Crippen molar-refractivity contribution >= 4 is 34.8 Å². The summed E-state index contributed by atoms with van der Waals surface area (Å²) in [5.74, 6) is 0.688. The molecule has 6 rings (SSSR count). The van der Waals surface area contributed by atoms with Gasteiger partial charge in [-0.15, -0.1) is 11.3 Å². The Bertz CT molecular complexity index is 1000. The number of thiazole rings is 1. The number of amides is 1. The molecular formula is C22H24N4O3S. The molecule has 2 saturated heterocycles. The third kappa shape index (κ3) is 3.37. The molecule has 0 N–H and O–H groups in total. The molecule has 0 atom stereocenters. The van der Waals surface area contributed by atoms with Crippen LogP contribution in [0.1, 0.15) is 40.7 Å². The number of aromatic nitrogens is 2. The van der Waals surface area contributed by atoms with Crippen LogP contribution < -0.4 is 4.90 Å². The number of rotatable bonds is 4. The van der Waals surface area contributed by atoms with Gasteiger partial charge in [-0.2, -0.15) is 0 Å². The Balaban J connectivity index is 1.16. The summed E-state index contributed by atoms with van der Waals surface area (Å²) in [5.41, 5.74) is 6.06. The number of allylic oxidation sites excluding steroid dienone is 1. The van der Waals surface area contributed by atoms with E-state index in [0.717, 1.165) is 30.2 Å². The first-order valence-electron chi connectivity index (χ1n) is 10.7. The van der Waals surface area contributed by atoms with Crippen molar-refractivity contribution in [3.8, 4) is 0 Å². The number of pyridine rings is 1. The topological polar surface area (TPSA) is 67.8 Å². The number of ether oxygens (including phenoxy) is 2. The summed E-state index contributed by atoms with van der Waals surface area (Å²) in [5, 5.41) is 3.35. The van der Waals surface area contributed by atoms with Crippen LogP contribution in [0.5, 0.6) is 0 Å². The van der Waals surface area contributed by atoms with Crippen LogP contribution in [0.3, 0.4) is 0 Å². The molecule has 0 radical (unpaired) electrons. The lowest BCUT2D eigenvalue weighted by molar-refractivity contribution is -0.104. The lowest BCUT2D eigenvalue weighted by Crippen LogP contribution is -2.51. The maximum absolute atomic E-state index is 12.3. The highest BCUT2D eigenvalue weighted by Crippen LogP contribution is 2.42. The van der Waals surface area contributed by atoms with Crippen molar-refractivity contribution in [3.05, 3.63) is 39.6 Å². The molecule has 0 spiro atoms. The van der Waals surface area contributed by atoms with Gasteiger partial charge in [0.15, 0.2) is 6.10 Å². The van der Waals surface area contributed by atoms with Crippen LogP contribution in [0, 0.1) is 0 Å². The molecule has 1 amide bonds. The van der Waals surface area contributed by atoms with Crippen LogP contribution in [0.15, 0.2) is 17.6 Å². The number of carbonyl (C=O) groups is 1. The van der Waals surface area contributed by atoms with Gasteiger partial charge in [-0.05, 0) is 30.6 Å². The molecule has 8 heteroatoms. The highest BCUT2D eigenvalue weighted by Gasteiger charge is 2.30. The van der Waals surface area contributed by atoms with Crippen LogP contribution in [-0.4, -0.2) is 66.5 Å². The monoisotopic (exact) mass is 424 g/mol. The summed E-state index contributed by atoms with van der Waals surface area (Å²) in [6.45, 7) is 3.95. The summed E-state index contributed by atoms with van der Waals surface area (Å²) in [7, 11) is 0. The molecule has 0 aromatic carbocycles.